The highest BCUT2D eigenvalue weighted by Gasteiger charge is 2.06. The number of ether oxygens (including phenoxy) is 2. The zero-order valence-corrected chi connectivity index (χ0v) is 8.28. The van der Waals surface area contributed by atoms with E-state index in [0.29, 0.717) is 17.2 Å². The zero-order chi connectivity index (χ0) is 10.6. The Labute approximate surface area is 83.1 Å². The lowest BCUT2D eigenvalue weighted by atomic mass is 10.1. The van der Waals surface area contributed by atoms with Crippen molar-refractivity contribution in [3.05, 3.63) is 30.0 Å². The third kappa shape index (κ3) is 1.90. The summed E-state index contributed by atoms with van der Waals surface area (Å²) < 4.78 is 10.1. The molecule has 0 saturated heterocycles. The van der Waals surface area contributed by atoms with Crippen LogP contribution in [0.3, 0.4) is 0 Å². The van der Waals surface area contributed by atoms with E-state index in [1.807, 2.05) is 0 Å². The number of hydrogen-bond acceptors (Lipinski definition) is 4. The van der Waals surface area contributed by atoms with Crippen LogP contribution >= 0.6 is 0 Å². The smallest absolute Gasteiger partial charge is 0.143 e. The molecule has 0 aliphatic carbocycles. The molecule has 4 nitrogen and oxygen atoms in total. The van der Waals surface area contributed by atoms with Crippen molar-refractivity contribution in [2.24, 2.45) is 5.73 Å². The van der Waals surface area contributed by atoms with Gasteiger partial charge in [-0.3, -0.25) is 0 Å². The van der Waals surface area contributed by atoms with Crippen LogP contribution in [0, 0.1) is 0 Å². The normalized spacial score (nSPS) is 11.1. The number of methoxy groups -OCH3 is 2. The lowest BCUT2D eigenvalue weighted by Crippen LogP contribution is -1.98. The third-order valence-electron chi connectivity index (χ3n) is 1.90. The maximum Gasteiger partial charge on any atom is 0.143 e. The Bertz CT molecular complexity index is 348. The van der Waals surface area contributed by atoms with Gasteiger partial charge in [-0.05, 0) is 12.1 Å². The monoisotopic (exact) mass is 194 g/mol. The minimum atomic E-state index is 0.546. The topological polar surface area (TPSA) is 70.5 Å². The number of hydrogen-bond donors (Lipinski definition) is 2. The summed E-state index contributed by atoms with van der Waals surface area (Å²) in [5, 5.41) is 0. The number of benzene rings is 1. The number of anilines is 1. The van der Waals surface area contributed by atoms with Crippen molar-refractivity contribution in [2.75, 3.05) is 20.0 Å². The largest absolute Gasteiger partial charge is 0.497 e. The van der Waals surface area contributed by atoms with Gasteiger partial charge in [0.2, 0.25) is 0 Å². The molecule has 0 bridgehead atoms. The van der Waals surface area contributed by atoms with Gasteiger partial charge in [0.15, 0.2) is 0 Å². The fraction of sp³-hybridized carbons (Fsp3) is 0.200. The van der Waals surface area contributed by atoms with Crippen LogP contribution in [0.2, 0.25) is 0 Å². The molecule has 0 aromatic heterocycles. The summed E-state index contributed by atoms with van der Waals surface area (Å²) in [6.07, 6.45) is 1.37. The molecule has 14 heavy (non-hydrogen) atoms. The van der Waals surface area contributed by atoms with Gasteiger partial charge in [0.1, 0.15) is 11.5 Å². The fourth-order valence-electron chi connectivity index (χ4n) is 1.16. The van der Waals surface area contributed by atoms with Crippen molar-refractivity contribution in [3.8, 4) is 5.75 Å². The van der Waals surface area contributed by atoms with Crippen LogP contribution in [0.1, 0.15) is 5.56 Å². The van der Waals surface area contributed by atoms with E-state index in [1.54, 1.807) is 32.4 Å². The fourth-order valence-corrected chi connectivity index (χ4v) is 1.16. The molecule has 1 rings (SSSR count). The molecule has 0 saturated carbocycles. The summed E-state index contributed by atoms with van der Waals surface area (Å²) >= 11 is 0. The van der Waals surface area contributed by atoms with Gasteiger partial charge < -0.3 is 20.9 Å². The molecule has 0 atom stereocenters. The first-order chi connectivity index (χ1) is 6.72. The quantitative estimate of drug-likeness (QED) is 0.560. The van der Waals surface area contributed by atoms with Gasteiger partial charge in [-0.2, -0.15) is 0 Å². The van der Waals surface area contributed by atoms with E-state index in [1.165, 1.54) is 6.20 Å². The second-order valence-corrected chi connectivity index (χ2v) is 2.69. The van der Waals surface area contributed by atoms with Crippen LogP contribution in [0.15, 0.2) is 24.4 Å². The molecule has 0 amide bonds. The van der Waals surface area contributed by atoms with Crippen LogP contribution in [0.4, 0.5) is 5.69 Å². The predicted molar refractivity (Wildman–Crippen MR) is 56.6 cm³/mol. The Balaban J connectivity index is 3.11. The van der Waals surface area contributed by atoms with Crippen molar-refractivity contribution in [1.29, 1.82) is 0 Å². The second kappa shape index (κ2) is 4.41. The van der Waals surface area contributed by atoms with E-state index < -0.39 is 0 Å². The molecule has 1 aromatic carbocycles. The van der Waals surface area contributed by atoms with Crippen LogP contribution in [-0.4, -0.2) is 14.2 Å². The summed E-state index contributed by atoms with van der Waals surface area (Å²) in [6.45, 7) is 0. The van der Waals surface area contributed by atoms with E-state index in [0.717, 1.165) is 5.56 Å². The van der Waals surface area contributed by atoms with Crippen LogP contribution in [0.5, 0.6) is 5.75 Å². The molecule has 0 aliphatic rings. The van der Waals surface area contributed by atoms with Gasteiger partial charge >= 0.3 is 0 Å². The van der Waals surface area contributed by atoms with Crippen LogP contribution in [0.25, 0.3) is 5.76 Å². The van der Waals surface area contributed by atoms with Gasteiger partial charge in [-0.1, -0.05) is 0 Å². The Kier molecular flexibility index (Phi) is 3.23. The summed E-state index contributed by atoms with van der Waals surface area (Å²) in [6, 6.07) is 5.32. The summed E-state index contributed by atoms with van der Waals surface area (Å²) in [4.78, 5) is 0. The Morgan fingerprint density at radius 3 is 2.50 bits per heavy atom. The second-order valence-electron chi connectivity index (χ2n) is 2.69. The zero-order valence-electron chi connectivity index (χ0n) is 8.28. The Hall–Kier alpha value is -1.84. The van der Waals surface area contributed by atoms with E-state index in [9.17, 15) is 0 Å². The highest BCUT2D eigenvalue weighted by molar-refractivity contribution is 5.72. The van der Waals surface area contributed by atoms with Crippen molar-refractivity contribution in [3.63, 3.8) is 0 Å². The van der Waals surface area contributed by atoms with Crippen molar-refractivity contribution in [2.45, 2.75) is 0 Å². The lowest BCUT2D eigenvalue weighted by molar-refractivity contribution is 0.369. The molecule has 1 aromatic rings. The van der Waals surface area contributed by atoms with Crippen molar-refractivity contribution >= 4 is 11.4 Å². The molecule has 0 radical (unpaired) electrons. The van der Waals surface area contributed by atoms with E-state index in [2.05, 4.69) is 0 Å². The third-order valence-corrected chi connectivity index (χ3v) is 1.90. The standard InChI is InChI=1S/C10H14N2O2/c1-13-7-3-4-8(9(12)5-7)10(6-11)14-2/h3-6H,11-12H2,1-2H3/b10-6+. The molecule has 0 fully saturated rings. The van der Waals surface area contributed by atoms with Gasteiger partial charge in [0, 0.05) is 23.5 Å². The maximum absolute atomic E-state index is 5.79. The molecule has 4 N–H and O–H groups in total. The SMILES string of the molecule is CO/C(=C/N)c1ccc(OC)cc1N. The predicted octanol–water partition coefficient (Wildman–Crippen LogP) is 1.18. The molecule has 0 unspecified atom stereocenters. The molecular formula is C10H14N2O2. The highest BCUT2D eigenvalue weighted by Crippen LogP contribution is 2.25. The van der Waals surface area contributed by atoms with Gasteiger partial charge in [-0.25, -0.2) is 0 Å². The van der Waals surface area contributed by atoms with Crippen molar-refractivity contribution in [1.82, 2.24) is 0 Å². The van der Waals surface area contributed by atoms with E-state index >= 15 is 0 Å². The maximum atomic E-state index is 5.79. The molecule has 76 valence electrons. The molecule has 0 heterocycles. The van der Waals surface area contributed by atoms with Gasteiger partial charge in [0.05, 0.1) is 14.2 Å². The summed E-state index contributed by atoms with van der Waals surface area (Å²) in [5.74, 6) is 1.25. The number of nitrogens with two attached hydrogens (primary N) is 2. The summed E-state index contributed by atoms with van der Waals surface area (Å²) in [5.41, 5.74) is 12.5. The first-order valence-corrected chi connectivity index (χ1v) is 4.12. The lowest BCUT2D eigenvalue weighted by Gasteiger charge is -2.09. The first-order valence-electron chi connectivity index (χ1n) is 4.12. The average Bonchev–Trinajstić information content (AvgIpc) is 2.22. The number of rotatable bonds is 3. The summed E-state index contributed by atoms with van der Waals surface area (Å²) in [7, 11) is 3.13. The highest BCUT2D eigenvalue weighted by atomic mass is 16.5. The average molecular weight is 194 g/mol. The van der Waals surface area contributed by atoms with Crippen molar-refractivity contribution < 1.29 is 9.47 Å². The van der Waals surface area contributed by atoms with Crippen LogP contribution in [-0.2, 0) is 4.74 Å². The Morgan fingerprint density at radius 2 is 2.07 bits per heavy atom. The first kappa shape index (κ1) is 10.2. The minimum Gasteiger partial charge on any atom is -0.497 e. The molecule has 4 heteroatoms. The van der Waals surface area contributed by atoms with Crippen LogP contribution < -0.4 is 16.2 Å². The van der Waals surface area contributed by atoms with Gasteiger partial charge in [0.25, 0.3) is 0 Å². The Morgan fingerprint density at radius 1 is 1.36 bits per heavy atom. The number of nitrogen functional groups attached to an aromatic ring is 1. The van der Waals surface area contributed by atoms with E-state index in [4.69, 9.17) is 20.9 Å². The molecule has 0 aliphatic heterocycles. The van der Waals surface area contributed by atoms with Gasteiger partial charge in [-0.15, -0.1) is 0 Å². The van der Waals surface area contributed by atoms with E-state index in [-0.39, 0.29) is 0 Å². The molecular weight excluding hydrogens is 180 g/mol. The molecule has 0 spiro atoms. The minimum absolute atomic E-state index is 0.546.